The van der Waals surface area contributed by atoms with Crippen LogP contribution in [0.5, 0.6) is 0 Å². The van der Waals surface area contributed by atoms with Gasteiger partial charge in [-0.1, -0.05) is 0 Å². The second kappa shape index (κ2) is 2.02. The van der Waals surface area contributed by atoms with E-state index in [1.165, 1.54) is 0 Å². The largest absolute Gasteiger partial charge is 0.366 e. The van der Waals surface area contributed by atoms with E-state index in [1.807, 2.05) is 29.2 Å². The van der Waals surface area contributed by atoms with Gasteiger partial charge in [0, 0.05) is 24.8 Å². The Morgan fingerprint density at radius 1 is 1.50 bits per heavy atom. The van der Waals surface area contributed by atoms with Crippen LogP contribution >= 0.6 is 0 Å². The highest BCUT2D eigenvalue weighted by Gasteiger charge is 1.91. The lowest BCUT2D eigenvalue weighted by atomic mass is 10.5. The number of aromatic amines is 1. The van der Waals surface area contributed by atoms with Crippen LogP contribution in [-0.2, 0) is 0 Å². The van der Waals surface area contributed by atoms with Gasteiger partial charge < -0.3 is 9.55 Å². The smallest absolute Gasteiger partial charge is 0.0992 e. The van der Waals surface area contributed by atoms with Crippen molar-refractivity contribution >= 4 is 0 Å². The molecule has 0 saturated carbocycles. The molecule has 1 N–H and O–H groups in total. The maximum Gasteiger partial charge on any atom is 0.0992 e. The predicted molar refractivity (Wildman–Crippen MR) is 37.9 cm³/mol. The zero-order valence-corrected chi connectivity index (χ0v) is 5.36. The van der Waals surface area contributed by atoms with Crippen LogP contribution in [0.1, 0.15) is 0 Å². The Balaban J connectivity index is 2.48. The van der Waals surface area contributed by atoms with Crippen molar-refractivity contribution < 1.29 is 0 Å². The van der Waals surface area contributed by atoms with Gasteiger partial charge in [0.25, 0.3) is 0 Å². The van der Waals surface area contributed by atoms with Crippen molar-refractivity contribution in [2.45, 2.75) is 0 Å². The fourth-order valence-corrected chi connectivity index (χ4v) is 0.888. The van der Waals surface area contributed by atoms with E-state index >= 15 is 0 Å². The van der Waals surface area contributed by atoms with Crippen LogP contribution in [0.15, 0.2) is 37.2 Å². The van der Waals surface area contributed by atoms with Crippen molar-refractivity contribution in [1.29, 1.82) is 0 Å². The Morgan fingerprint density at radius 3 is 3.10 bits per heavy atom. The third kappa shape index (κ3) is 0.719. The molecule has 0 unspecified atom stereocenters. The number of imidazole rings is 1. The highest BCUT2D eigenvalue weighted by atomic mass is 15.0. The maximum atomic E-state index is 3.93. The van der Waals surface area contributed by atoms with Crippen LogP contribution in [0.2, 0.25) is 0 Å². The second-order valence-corrected chi connectivity index (χ2v) is 2.04. The molecule has 2 rings (SSSR count). The first-order valence-electron chi connectivity index (χ1n) is 3.08. The molecule has 0 aromatic carbocycles. The number of hydrogen-bond acceptors (Lipinski definition) is 1. The van der Waals surface area contributed by atoms with Gasteiger partial charge in [-0.2, -0.15) is 0 Å². The van der Waals surface area contributed by atoms with Crippen LogP contribution in [-0.4, -0.2) is 14.5 Å². The fourth-order valence-electron chi connectivity index (χ4n) is 0.888. The SMILES string of the molecule is c1cn(-c2cc[nH]c2)cn1. The van der Waals surface area contributed by atoms with Crippen LogP contribution < -0.4 is 0 Å². The molecule has 0 radical (unpaired) electrons. The average molecular weight is 133 g/mol. The van der Waals surface area contributed by atoms with E-state index in [4.69, 9.17) is 0 Å². The van der Waals surface area contributed by atoms with Gasteiger partial charge in [0.05, 0.1) is 12.0 Å². The molecule has 3 heteroatoms. The molecule has 0 fully saturated rings. The van der Waals surface area contributed by atoms with Gasteiger partial charge in [0.2, 0.25) is 0 Å². The van der Waals surface area contributed by atoms with E-state index in [-0.39, 0.29) is 0 Å². The molecule has 2 aromatic rings. The molecular weight excluding hydrogens is 126 g/mol. The molecule has 0 saturated heterocycles. The summed E-state index contributed by atoms with van der Waals surface area (Å²) in [4.78, 5) is 6.90. The first kappa shape index (κ1) is 5.29. The van der Waals surface area contributed by atoms with Crippen molar-refractivity contribution in [2.75, 3.05) is 0 Å². The Morgan fingerprint density at radius 2 is 2.50 bits per heavy atom. The standard InChI is InChI=1S/C7H7N3/c1-2-8-5-7(1)10-4-3-9-6-10/h1-6,8H. The lowest BCUT2D eigenvalue weighted by Gasteiger charge is -1.92. The van der Waals surface area contributed by atoms with Crippen molar-refractivity contribution in [3.05, 3.63) is 37.2 Å². The Labute approximate surface area is 58.3 Å². The summed E-state index contributed by atoms with van der Waals surface area (Å²) in [6.07, 6.45) is 9.23. The quantitative estimate of drug-likeness (QED) is 0.623. The normalized spacial score (nSPS) is 10.0. The van der Waals surface area contributed by atoms with Crippen molar-refractivity contribution in [3.63, 3.8) is 0 Å². The number of nitrogens with one attached hydrogen (secondary N) is 1. The predicted octanol–water partition coefficient (Wildman–Crippen LogP) is 1.20. The zero-order chi connectivity index (χ0) is 6.81. The van der Waals surface area contributed by atoms with Gasteiger partial charge >= 0.3 is 0 Å². The number of rotatable bonds is 1. The molecule has 0 aliphatic rings. The minimum absolute atomic E-state index is 1.11. The lowest BCUT2D eigenvalue weighted by Crippen LogP contribution is -1.84. The highest BCUT2D eigenvalue weighted by Crippen LogP contribution is 2.02. The number of nitrogens with zero attached hydrogens (tertiary/aromatic N) is 2. The molecule has 0 aliphatic carbocycles. The third-order valence-electron chi connectivity index (χ3n) is 1.38. The third-order valence-corrected chi connectivity index (χ3v) is 1.38. The summed E-state index contributed by atoms with van der Waals surface area (Å²) in [6.45, 7) is 0. The molecule has 2 heterocycles. The van der Waals surface area contributed by atoms with Gasteiger partial charge in [-0.15, -0.1) is 0 Å². The second-order valence-electron chi connectivity index (χ2n) is 2.04. The van der Waals surface area contributed by atoms with Gasteiger partial charge in [-0.3, -0.25) is 0 Å². The summed E-state index contributed by atoms with van der Waals surface area (Å²) in [5, 5.41) is 0. The molecular formula is C7H7N3. The van der Waals surface area contributed by atoms with Crippen LogP contribution in [0, 0.1) is 0 Å². The molecule has 0 spiro atoms. The maximum absolute atomic E-state index is 3.93. The summed E-state index contributed by atoms with van der Waals surface area (Å²) in [7, 11) is 0. The zero-order valence-electron chi connectivity index (χ0n) is 5.36. The summed E-state index contributed by atoms with van der Waals surface area (Å²) < 4.78 is 1.94. The van der Waals surface area contributed by atoms with Crippen LogP contribution in [0.3, 0.4) is 0 Å². The first-order valence-corrected chi connectivity index (χ1v) is 3.08. The Kier molecular flexibility index (Phi) is 1.07. The molecule has 0 bridgehead atoms. The van der Waals surface area contributed by atoms with E-state index in [9.17, 15) is 0 Å². The number of hydrogen-bond donors (Lipinski definition) is 1. The topological polar surface area (TPSA) is 33.6 Å². The molecule has 0 atom stereocenters. The summed E-state index contributed by atoms with van der Waals surface area (Å²) in [5.74, 6) is 0. The van der Waals surface area contributed by atoms with Gasteiger partial charge in [-0.05, 0) is 6.07 Å². The molecule has 0 amide bonds. The molecule has 50 valence electrons. The number of aromatic nitrogens is 3. The molecule has 0 aliphatic heterocycles. The molecule has 3 nitrogen and oxygen atoms in total. The van der Waals surface area contributed by atoms with Gasteiger partial charge in [0.15, 0.2) is 0 Å². The Bertz CT molecular complexity index is 248. The minimum Gasteiger partial charge on any atom is -0.366 e. The molecule has 2 aromatic heterocycles. The summed E-state index contributed by atoms with van der Waals surface area (Å²) in [6, 6.07) is 1.99. The fraction of sp³-hybridized carbons (Fsp3) is 0. The summed E-state index contributed by atoms with van der Waals surface area (Å²) in [5.41, 5.74) is 1.11. The van der Waals surface area contributed by atoms with E-state index < -0.39 is 0 Å². The van der Waals surface area contributed by atoms with Crippen LogP contribution in [0.25, 0.3) is 5.69 Å². The van der Waals surface area contributed by atoms with Gasteiger partial charge in [0.1, 0.15) is 0 Å². The first-order chi connectivity index (χ1) is 4.97. The van der Waals surface area contributed by atoms with E-state index in [0.717, 1.165) is 5.69 Å². The summed E-state index contributed by atoms with van der Waals surface area (Å²) >= 11 is 0. The lowest BCUT2D eigenvalue weighted by molar-refractivity contribution is 1.06. The van der Waals surface area contributed by atoms with Crippen LogP contribution in [0.4, 0.5) is 0 Å². The number of H-pyrrole nitrogens is 1. The van der Waals surface area contributed by atoms with Crippen molar-refractivity contribution in [1.82, 2.24) is 14.5 Å². The molecule has 10 heavy (non-hydrogen) atoms. The highest BCUT2D eigenvalue weighted by molar-refractivity contribution is 5.27. The van der Waals surface area contributed by atoms with Gasteiger partial charge in [-0.25, -0.2) is 4.98 Å². The van der Waals surface area contributed by atoms with Crippen molar-refractivity contribution in [3.8, 4) is 5.69 Å². The van der Waals surface area contributed by atoms with E-state index in [0.29, 0.717) is 0 Å². The minimum atomic E-state index is 1.11. The van der Waals surface area contributed by atoms with E-state index in [1.54, 1.807) is 12.5 Å². The average Bonchev–Trinajstić information content (AvgIpc) is 2.59. The van der Waals surface area contributed by atoms with E-state index in [2.05, 4.69) is 9.97 Å². The monoisotopic (exact) mass is 133 g/mol. The van der Waals surface area contributed by atoms with Crippen molar-refractivity contribution in [2.24, 2.45) is 0 Å². The Hall–Kier alpha value is -1.51.